The van der Waals surface area contributed by atoms with E-state index in [1.165, 1.54) is 0 Å². The average molecular weight is 228 g/mol. The second-order valence-electron chi connectivity index (χ2n) is 5.16. The molecule has 0 aromatic rings. The Morgan fingerprint density at radius 3 is 2.69 bits per heavy atom. The third-order valence-electron chi connectivity index (χ3n) is 3.11. The van der Waals surface area contributed by atoms with Crippen molar-refractivity contribution in [1.29, 1.82) is 0 Å². The Kier molecular flexibility index (Phi) is 3.47. The van der Waals surface area contributed by atoms with E-state index in [9.17, 15) is 9.90 Å². The lowest BCUT2D eigenvalue weighted by molar-refractivity contribution is -0.148. The van der Waals surface area contributed by atoms with E-state index < -0.39 is 0 Å². The van der Waals surface area contributed by atoms with Crippen LogP contribution in [-0.4, -0.2) is 61.9 Å². The van der Waals surface area contributed by atoms with Crippen LogP contribution >= 0.6 is 0 Å². The zero-order chi connectivity index (χ0) is 11.6. The van der Waals surface area contributed by atoms with Crippen molar-refractivity contribution >= 4 is 5.91 Å². The largest absolute Gasteiger partial charge is 0.396 e. The van der Waals surface area contributed by atoms with Gasteiger partial charge in [-0.2, -0.15) is 0 Å². The predicted octanol–water partition coefficient (Wildman–Crippen LogP) is -0.794. The molecule has 0 radical (unpaired) electrons. The molecule has 2 aliphatic rings. The van der Waals surface area contributed by atoms with E-state index in [2.05, 4.69) is 5.32 Å². The van der Waals surface area contributed by atoms with Crippen LogP contribution in [0.3, 0.4) is 0 Å². The van der Waals surface area contributed by atoms with Gasteiger partial charge >= 0.3 is 0 Å². The first-order chi connectivity index (χ1) is 7.63. The monoisotopic (exact) mass is 228 g/mol. The summed E-state index contributed by atoms with van der Waals surface area (Å²) >= 11 is 0. The Bertz CT molecular complexity index is 256. The molecule has 2 fully saturated rings. The van der Waals surface area contributed by atoms with Crippen LogP contribution in [-0.2, 0) is 9.53 Å². The van der Waals surface area contributed by atoms with Crippen LogP contribution in [0.1, 0.15) is 12.8 Å². The smallest absolute Gasteiger partial charge is 0.234 e. The summed E-state index contributed by atoms with van der Waals surface area (Å²) in [5.41, 5.74) is -0.144. The van der Waals surface area contributed by atoms with Gasteiger partial charge in [-0.1, -0.05) is 0 Å². The number of rotatable bonds is 6. The van der Waals surface area contributed by atoms with Gasteiger partial charge in [0.15, 0.2) is 0 Å². The van der Waals surface area contributed by atoms with Crippen molar-refractivity contribution in [3.8, 4) is 0 Å². The van der Waals surface area contributed by atoms with Gasteiger partial charge in [0.1, 0.15) is 0 Å². The maximum atomic E-state index is 11.5. The third-order valence-corrected chi connectivity index (χ3v) is 3.11. The average Bonchev–Trinajstić information content (AvgIpc) is 2.94. The number of aliphatic hydroxyl groups is 1. The molecule has 0 atom stereocenters. The van der Waals surface area contributed by atoms with E-state index >= 15 is 0 Å². The SMILES string of the molecule is CN(CC(=O)NC1CC1)CC1(CO)COC1. The number of hydrogen-bond acceptors (Lipinski definition) is 4. The molecule has 92 valence electrons. The molecular formula is C11H20N2O3. The summed E-state index contributed by atoms with van der Waals surface area (Å²) in [5.74, 6) is 0.0818. The number of nitrogens with one attached hydrogen (secondary N) is 1. The summed E-state index contributed by atoms with van der Waals surface area (Å²) in [6, 6.07) is 0.416. The number of aliphatic hydroxyl groups excluding tert-OH is 1. The molecule has 0 bridgehead atoms. The molecule has 1 saturated carbocycles. The highest BCUT2D eigenvalue weighted by molar-refractivity contribution is 5.78. The zero-order valence-corrected chi connectivity index (χ0v) is 9.74. The van der Waals surface area contributed by atoms with E-state index in [1.54, 1.807) is 0 Å². The lowest BCUT2D eigenvalue weighted by atomic mass is 9.86. The first-order valence-electron chi connectivity index (χ1n) is 5.80. The fourth-order valence-corrected chi connectivity index (χ4v) is 2.00. The molecule has 5 heteroatoms. The van der Waals surface area contributed by atoms with Gasteiger partial charge in [-0.3, -0.25) is 9.69 Å². The minimum atomic E-state index is -0.144. The maximum absolute atomic E-state index is 11.5. The van der Waals surface area contributed by atoms with Crippen molar-refractivity contribution in [3.05, 3.63) is 0 Å². The van der Waals surface area contributed by atoms with Gasteiger partial charge < -0.3 is 15.2 Å². The van der Waals surface area contributed by atoms with Crippen LogP contribution in [0.4, 0.5) is 0 Å². The van der Waals surface area contributed by atoms with Crippen LogP contribution < -0.4 is 5.32 Å². The maximum Gasteiger partial charge on any atom is 0.234 e. The van der Waals surface area contributed by atoms with Gasteiger partial charge in [0.25, 0.3) is 0 Å². The van der Waals surface area contributed by atoms with Crippen LogP contribution in [0.15, 0.2) is 0 Å². The minimum absolute atomic E-state index is 0.0818. The lowest BCUT2D eigenvalue weighted by Gasteiger charge is -2.42. The molecule has 16 heavy (non-hydrogen) atoms. The van der Waals surface area contributed by atoms with Gasteiger partial charge in [0.05, 0.1) is 31.8 Å². The quantitative estimate of drug-likeness (QED) is 0.625. The molecule has 0 aromatic carbocycles. The molecule has 2 rings (SSSR count). The molecule has 1 heterocycles. The molecule has 0 spiro atoms. The van der Waals surface area contributed by atoms with Gasteiger partial charge in [0, 0.05) is 12.6 Å². The van der Waals surface area contributed by atoms with Crippen molar-refractivity contribution in [2.24, 2.45) is 5.41 Å². The Labute approximate surface area is 95.8 Å². The van der Waals surface area contributed by atoms with E-state index in [-0.39, 0.29) is 17.9 Å². The summed E-state index contributed by atoms with van der Waals surface area (Å²) in [7, 11) is 1.90. The van der Waals surface area contributed by atoms with Gasteiger partial charge in [-0.15, -0.1) is 0 Å². The number of ether oxygens (including phenoxy) is 1. The third kappa shape index (κ3) is 2.93. The number of carbonyl (C=O) groups is 1. The van der Waals surface area contributed by atoms with Crippen molar-refractivity contribution in [3.63, 3.8) is 0 Å². The van der Waals surface area contributed by atoms with Crippen LogP contribution in [0.25, 0.3) is 0 Å². The molecule has 1 aliphatic carbocycles. The first-order valence-corrected chi connectivity index (χ1v) is 5.80. The van der Waals surface area contributed by atoms with Crippen LogP contribution in [0, 0.1) is 5.41 Å². The highest BCUT2D eigenvalue weighted by Gasteiger charge is 2.39. The first kappa shape index (κ1) is 11.8. The second kappa shape index (κ2) is 4.69. The van der Waals surface area contributed by atoms with Crippen LogP contribution in [0.2, 0.25) is 0 Å². The Morgan fingerprint density at radius 2 is 2.25 bits per heavy atom. The fourth-order valence-electron chi connectivity index (χ4n) is 2.00. The topological polar surface area (TPSA) is 61.8 Å². The molecule has 5 nitrogen and oxygen atoms in total. The van der Waals surface area contributed by atoms with Crippen molar-refractivity contribution in [2.75, 3.05) is 40.0 Å². The molecule has 1 aliphatic heterocycles. The fraction of sp³-hybridized carbons (Fsp3) is 0.909. The number of amides is 1. The number of carbonyl (C=O) groups excluding carboxylic acids is 1. The van der Waals surface area contributed by atoms with Gasteiger partial charge in [-0.05, 0) is 19.9 Å². The van der Waals surface area contributed by atoms with E-state index in [0.717, 1.165) is 12.8 Å². The minimum Gasteiger partial charge on any atom is -0.396 e. The van der Waals surface area contributed by atoms with Crippen LogP contribution in [0.5, 0.6) is 0 Å². The summed E-state index contributed by atoms with van der Waals surface area (Å²) in [4.78, 5) is 13.5. The van der Waals surface area contributed by atoms with Gasteiger partial charge in [-0.25, -0.2) is 0 Å². The number of likely N-dealkylation sites (N-methyl/N-ethyl adjacent to an activating group) is 1. The zero-order valence-electron chi connectivity index (χ0n) is 9.74. The molecule has 2 N–H and O–H groups in total. The van der Waals surface area contributed by atoms with Gasteiger partial charge in [0.2, 0.25) is 5.91 Å². The Hall–Kier alpha value is -0.650. The summed E-state index contributed by atoms with van der Waals surface area (Å²) < 4.78 is 5.12. The van der Waals surface area contributed by atoms with Crippen molar-refractivity contribution in [1.82, 2.24) is 10.2 Å². The Morgan fingerprint density at radius 1 is 1.56 bits per heavy atom. The standard InChI is InChI=1S/C11H20N2O3/c1-13(4-10(15)12-9-2-3-9)5-11(6-14)7-16-8-11/h9,14H,2-8H2,1H3,(H,12,15). The molecule has 0 unspecified atom stereocenters. The van der Waals surface area contributed by atoms with E-state index in [0.29, 0.717) is 32.3 Å². The normalized spacial score (nSPS) is 22.9. The summed E-state index contributed by atoms with van der Waals surface area (Å²) in [6.45, 7) is 2.43. The number of hydrogen-bond donors (Lipinski definition) is 2. The molecular weight excluding hydrogens is 208 g/mol. The molecule has 0 aromatic heterocycles. The Balaban J connectivity index is 1.70. The van der Waals surface area contributed by atoms with E-state index in [1.807, 2.05) is 11.9 Å². The number of nitrogens with zero attached hydrogens (tertiary/aromatic N) is 1. The summed E-state index contributed by atoms with van der Waals surface area (Å²) in [5, 5.41) is 12.2. The second-order valence-corrected chi connectivity index (χ2v) is 5.16. The summed E-state index contributed by atoms with van der Waals surface area (Å²) in [6.07, 6.45) is 2.23. The van der Waals surface area contributed by atoms with E-state index in [4.69, 9.17) is 4.74 Å². The van der Waals surface area contributed by atoms with Crippen molar-refractivity contribution in [2.45, 2.75) is 18.9 Å². The molecule has 1 saturated heterocycles. The molecule has 1 amide bonds. The lowest BCUT2D eigenvalue weighted by Crippen LogP contribution is -2.53. The highest BCUT2D eigenvalue weighted by Crippen LogP contribution is 2.27. The highest BCUT2D eigenvalue weighted by atomic mass is 16.5. The predicted molar refractivity (Wildman–Crippen MR) is 59.0 cm³/mol. The van der Waals surface area contributed by atoms with Crippen molar-refractivity contribution < 1.29 is 14.6 Å².